The zero-order chi connectivity index (χ0) is 15.3. The molecule has 2 atom stereocenters. The maximum Gasteiger partial charge on any atom is 0.145 e. The number of nitriles is 1. The van der Waals surface area contributed by atoms with Gasteiger partial charge in [-0.1, -0.05) is 51.1 Å². The summed E-state index contributed by atoms with van der Waals surface area (Å²) < 4.78 is 0. The summed E-state index contributed by atoms with van der Waals surface area (Å²) in [6, 6.07) is 13.3. The topological polar surface area (TPSA) is 39.1 Å². The first-order valence-corrected chi connectivity index (χ1v) is 8.09. The van der Waals surface area contributed by atoms with E-state index in [1.165, 1.54) is 12.8 Å². The Morgan fingerprint density at radius 1 is 1.38 bits per heavy atom. The molecule has 0 aliphatic carbocycles. The van der Waals surface area contributed by atoms with Gasteiger partial charge in [-0.3, -0.25) is 10.2 Å². The lowest BCUT2D eigenvalue weighted by molar-refractivity contribution is 0.165. The summed E-state index contributed by atoms with van der Waals surface area (Å²) in [5.74, 6) is 0.640. The minimum atomic E-state index is -0.604. The minimum absolute atomic E-state index is 0.597. The third-order valence-corrected chi connectivity index (χ3v) is 4.56. The highest BCUT2D eigenvalue weighted by molar-refractivity contribution is 5.32. The van der Waals surface area contributed by atoms with Crippen molar-refractivity contribution in [2.75, 3.05) is 19.6 Å². The number of nitrogens with one attached hydrogen (secondary N) is 1. The van der Waals surface area contributed by atoms with E-state index in [0.29, 0.717) is 12.0 Å². The van der Waals surface area contributed by atoms with Gasteiger partial charge in [0.05, 0.1) is 6.07 Å². The Kier molecular flexibility index (Phi) is 5.39. The van der Waals surface area contributed by atoms with E-state index in [-0.39, 0.29) is 0 Å². The van der Waals surface area contributed by atoms with E-state index in [1.54, 1.807) is 0 Å². The molecule has 1 heterocycles. The van der Waals surface area contributed by atoms with Gasteiger partial charge in [0.2, 0.25) is 0 Å². The maximum absolute atomic E-state index is 9.91. The van der Waals surface area contributed by atoms with Crippen LogP contribution in [0.4, 0.5) is 0 Å². The molecule has 0 aromatic heterocycles. The van der Waals surface area contributed by atoms with Gasteiger partial charge in [0.1, 0.15) is 5.54 Å². The summed E-state index contributed by atoms with van der Waals surface area (Å²) >= 11 is 0. The summed E-state index contributed by atoms with van der Waals surface area (Å²) in [6.45, 7) is 9.30. The third-order valence-electron chi connectivity index (χ3n) is 4.56. The molecule has 0 spiro atoms. The Hall–Kier alpha value is -1.37. The van der Waals surface area contributed by atoms with E-state index in [1.807, 2.05) is 18.2 Å². The van der Waals surface area contributed by atoms with Crippen molar-refractivity contribution in [2.45, 2.75) is 45.2 Å². The van der Waals surface area contributed by atoms with Crippen molar-refractivity contribution in [3.8, 4) is 6.07 Å². The molecule has 0 amide bonds. The molecule has 0 radical (unpaired) electrons. The predicted molar refractivity (Wildman–Crippen MR) is 86.8 cm³/mol. The van der Waals surface area contributed by atoms with Crippen LogP contribution in [0.2, 0.25) is 0 Å². The number of hydrogen-bond acceptors (Lipinski definition) is 3. The van der Waals surface area contributed by atoms with Gasteiger partial charge in [0, 0.05) is 12.6 Å². The van der Waals surface area contributed by atoms with Crippen LogP contribution in [0.25, 0.3) is 0 Å². The molecule has 1 aliphatic heterocycles. The summed E-state index contributed by atoms with van der Waals surface area (Å²) in [6.07, 6.45) is 2.49. The number of likely N-dealkylation sites (N-methyl/N-ethyl adjacent to an activating group) is 1. The van der Waals surface area contributed by atoms with Crippen molar-refractivity contribution in [2.24, 2.45) is 5.92 Å². The van der Waals surface area contributed by atoms with Crippen molar-refractivity contribution in [3.05, 3.63) is 35.9 Å². The van der Waals surface area contributed by atoms with Crippen LogP contribution in [0, 0.1) is 17.2 Å². The van der Waals surface area contributed by atoms with E-state index in [4.69, 9.17) is 0 Å². The van der Waals surface area contributed by atoms with Gasteiger partial charge in [-0.2, -0.15) is 5.26 Å². The molecule has 0 saturated carbocycles. The van der Waals surface area contributed by atoms with Crippen molar-refractivity contribution < 1.29 is 0 Å². The van der Waals surface area contributed by atoms with E-state index in [0.717, 1.165) is 25.2 Å². The zero-order valence-electron chi connectivity index (χ0n) is 13.5. The van der Waals surface area contributed by atoms with Crippen molar-refractivity contribution in [1.82, 2.24) is 10.2 Å². The number of rotatable bonds is 6. The fourth-order valence-electron chi connectivity index (χ4n) is 3.52. The van der Waals surface area contributed by atoms with Gasteiger partial charge in [-0.05, 0) is 37.4 Å². The van der Waals surface area contributed by atoms with E-state index in [9.17, 15) is 5.26 Å². The molecule has 1 saturated heterocycles. The highest BCUT2D eigenvalue weighted by atomic mass is 15.2. The van der Waals surface area contributed by atoms with Crippen LogP contribution < -0.4 is 5.32 Å². The summed E-state index contributed by atoms with van der Waals surface area (Å²) in [4.78, 5) is 2.50. The second-order valence-corrected chi connectivity index (χ2v) is 6.34. The standard InChI is InChI=1S/C18H27N3/c1-4-20-18(13-19,16-9-6-5-7-10-16)14-21-12-8-11-17(21)15(2)3/h5-7,9-10,15,17,20H,4,8,11-12,14H2,1-3H3. The fourth-order valence-corrected chi connectivity index (χ4v) is 3.52. The number of likely N-dealkylation sites (tertiary alicyclic amines) is 1. The lowest BCUT2D eigenvalue weighted by Crippen LogP contribution is -2.52. The fraction of sp³-hybridized carbons (Fsp3) is 0.611. The van der Waals surface area contributed by atoms with Crippen LogP contribution in [0.3, 0.4) is 0 Å². The minimum Gasteiger partial charge on any atom is -0.297 e. The first kappa shape index (κ1) is 16.0. The Morgan fingerprint density at radius 2 is 2.10 bits per heavy atom. The molecular weight excluding hydrogens is 258 g/mol. The van der Waals surface area contributed by atoms with Crippen molar-refractivity contribution in [3.63, 3.8) is 0 Å². The molecular formula is C18H27N3. The second-order valence-electron chi connectivity index (χ2n) is 6.34. The van der Waals surface area contributed by atoms with Crippen LogP contribution >= 0.6 is 0 Å². The van der Waals surface area contributed by atoms with Gasteiger partial charge in [-0.25, -0.2) is 0 Å². The van der Waals surface area contributed by atoms with E-state index in [2.05, 4.69) is 49.2 Å². The molecule has 1 aromatic rings. The molecule has 1 aliphatic rings. The molecule has 3 heteroatoms. The molecule has 114 valence electrons. The zero-order valence-corrected chi connectivity index (χ0v) is 13.5. The molecule has 21 heavy (non-hydrogen) atoms. The van der Waals surface area contributed by atoms with Gasteiger partial charge in [0.25, 0.3) is 0 Å². The largest absolute Gasteiger partial charge is 0.297 e. The van der Waals surface area contributed by atoms with Gasteiger partial charge < -0.3 is 0 Å². The molecule has 1 N–H and O–H groups in total. The Morgan fingerprint density at radius 3 is 2.67 bits per heavy atom. The Labute approximate surface area is 129 Å². The Bertz CT molecular complexity index is 477. The smallest absolute Gasteiger partial charge is 0.145 e. The third kappa shape index (κ3) is 3.45. The number of benzene rings is 1. The van der Waals surface area contributed by atoms with Crippen LogP contribution in [0.15, 0.2) is 30.3 Å². The van der Waals surface area contributed by atoms with Crippen molar-refractivity contribution in [1.29, 1.82) is 5.26 Å². The van der Waals surface area contributed by atoms with Crippen LogP contribution in [-0.2, 0) is 5.54 Å². The Balaban J connectivity index is 2.27. The molecule has 1 fully saturated rings. The molecule has 2 unspecified atom stereocenters. The first-order valence-electron chi connectivity index (χ1n) is 8.09. The highest BCUT2D eigenvalue weighted by Crippen LogP contribution is 2.29. The monoisotopic (exact) mass is 285 g/mol. The lowest BCUT2D eigenvalue weighted by Gasteiger charge is -2.36. The average Bonchev–Trinajstić information content (AvgIpc) is 2.96. The molecule has 1 aromatic carbocycles. The highest BCUT2D eigenvalue weighted by Gasteiger charge is 2.38. The molecule has 3 nitrogen and oxygen atoms in total. The molecule has 2 rings (SSSR count). The summed E-state index contributed by atoms with van der Waals surface area (Å²) in [5.41, 5.74) is 0.469. The summed E-state index contributed by atoms with van der Waals surface area (Å²) in [5, 5.41) is 13.4. The number of hydrogen-bond donors (Lipinski definition) is 1. The maximum atomic E-state index is 9.91. The van der Waals surface area contributed by atoms with Crippen molar-refractivity contribution >= 4 is 0 Å². The number of nitrogens with zero attached hydrogens (tertiary/aromatic N) is 2. The van der Waals surface area contributed by atoms with Gasteiger partial charge >= 0.3 is 0 Å². The van der Waals surface area contributed by atoms with Crippen LogP contribution in [0.5, 0.6) is 0 Å². The van der Waals surface area contributed by atoms with Gasteiger partial charge in [-0.15, -0.1) is 0 Å². The van der Waals surface area contributed by atoms with Crippen LogP contribution in [-0.4, -0.2) is 30.6 Å². The first-order chi connectivity index (χ1) is 10.1. The SMILES string of the molecule is CCNC(C#N)(CN1CCCC1C(C)C)c1ccccc1. The van der Waals surface area contributed by atoms with Crippen LogP contribution in [0.1, 0.15) is 39.2 Å². The average molecular weight is 285 g/mol. The summed E-state index contributed by atoms with van der Waals surface area (Å²) in [7, 11) is 0. The quantitative estimate of drug-likeness (QED) is 0.873. The van der Waals surface area contributed by atoms with E-state index >= 15 is 0 Å². The van der Waals surface area contributed by atoms with Gasteiger partial charge in [0.15, 0.2) is 0 Å². The second kappa shape index (κ2) is 7.06. The predicted octanol–water partition coefficient (Wildman–Crippen LogP) is 3.14. The normalized spacial score (nSPS) is 22.1. The lowest BCUT2D eigenvalue weighted by atomic mass is 9.89. The molecule has 0 bridgehead atoms. The van der Waals surface area contributed by atoms with E-state index < -0.39 is 5.54 Å².